The molecule has 8 nitrogen and oxygen atoms in total. The molecule has 0 aromatic heterocycles. The fourth-order valence-electron chi connectivity index (χ4n) is 4.62. The number of benzene rings is 2. The van der Waals surface area contributed by atoms with E-state index in [2.05, 4.69) is 20.8 Å². The minimum Gasteiger partial charge on any atom is -0.507 e. The Morgan fingerprint density at radius 3 is 2.62 bits per heavy atom. The Hall–Kier alpha value is -2.88. The minimum atomic E-state index is -0.688. The molecule has 3 aliphatic rings. The van der Waals surface area contributed by atoms with E-state index in [1.807, 2.05) is 24.3 Å². The van der Waals surface area contributed by atoms with E-state index in [-0.39, 0.29) is 18.1 Å². The molecule has 1 atom stereocenters. The number of morpholine rings is 1. The number of hydrogen-bond acceptors (Lipinski definition) is 7. The number of nitrogens with zero attached hydrogens (tertiary/aromatic N) is 2. The zero-order chi connectivity index (χ0) is 23.7. The standard InChI is InChI=1S/C25H25BrN2O6/c26-18-4-1-3-16(13-18)22-21(23(29)17-5-6-19-20(14-17)34-15-33-19)24(30)25(31)28(22)8-2-7-27-9-11-32-12-10-27/h1,3-6,13-14,22,29H,2,7-12,15H2. The Bertz CT molecular complexity index is 1140. The van der Waals surface area contributed by atoms with Crippen molar-refractivity contribution in [1.82, 2.24) is 9.80 Å². The first-order chi connectivity index (χ1) is 16.5. The summed E-state index contributed by atoms with van der Waals surface area (Å²) in [6.45, 7) is 4.44. The Morgan fingerprint density at radius 2 is 1.82 bits per heavy atom. The highest BCUT2D eigenvalue weighted by Gasteiger charge is 2.46. The van der Waals surface area contributed by atoms with Crippen LogP contribution in [0.1, 0.15) is 23.6 Å². The molecule has 2 fully saturated rings. The quantitative estimate of drug-likeness (QED) is 0.349. The number of amides is 1. The molecule has 2 saturated heterocycles. The number of likely N-dealkylation sites (tertiary alicyclic amines) is 1. The van der Waals surface area contributed by atoms with Gasteiger partial charge in [0, 0.05) is 36.2 Å². The predicted molar refractivity (Wildman–Crippen MR) is 128 cm³/mol. The molecule has 1 unspecified atom stereocenters. The van der Waals surface area contributed by atoms with Gasteiger partial charge in [-0.25, -0.2) is 0 Å². The first-order valence-corrected chi connectivity index (χ1v) is 12.1. The first-order valence-electron chi connectivity index (χ1n) is 11.3. The van der Waals surface area contributed by atoms with Gasteiger partial charge in [-0.1, -0.05) is 28.1 Å². The van der Waals surface area contributed by atoms with Gasteiger partial charge in [-0.15, -0.1) is 0 Å². The van der Waals surface area contributed by atoms with Crippen LogP contribution in [0.4, 0.5) is 0 Å². The molecule has 0 saturated carbocycles. The van der Waals surface area contributed by atoms with E-state index in [1.165, 1.54) is 0 Å². The van der Waals surface area contributed by atoms with Crippen LogP contribution in [0, 0.1) is 0 Å². The lowest BCUT2D eigenvalue weighted by molar-refractivity contribution is -0.140. The normalized spacial score (nSPS) is 21.9. The van der Waals surface area contributed by atoms with Crippen molar-refractivity contribution in [1.29, 1.82) is 0 Å². The lowest BCUT2D eigenvalue weighted by Gasteiger charge is -2.29. The third kappa shape index (κ3) is 4.43. The number of halogens is 1. The Kier molecular flexibility index (Phi) is 6.58. The second kappa shape index (κ2) is 9.77. The lowest BCUT2D eigenvalue weighted by atomic mass is 9.95. The van der Waals surface area contributed by atoms with E-state index >= 15 is 0 Å². The second-order valence-corrected chi connectivity index (χ2v) is 9.34. The van der Waals surface area contributed by atoms with Crippen molar-refractivity contribution >= 4 is 33.4 Å². The molecule has 1 N–H and O–H groups in total. The lowest BCUT2D eigenvalue weighted by Crippen LogP contribution is -2.38. The molecule has 5 rings (SSSR count). The van der Waals surface area contributed by atoms with Gasteiger partial charge in [0.25, 0.3) is 11.7 Å². The number of fused-ring (bicyclic) bond motifs is 1. The van der Waals surface area contributed by atoms with E-state index in [4.69, 9.17) is 14.2 Å². The van der Waals surface area contributed by atoms with Gasteiger partial charge in [-0.05, 0) is 42.3 Å². The molecule has 1 amide bonds. The fraction of sp³-hybridized carbons (Fsp3) is 0.360. The maximum atomic E-state index is 13.2. The topological polar surface area (TPSA) is 88.5 Å². The number of aliphatic hydroxyl groups is 1. The monoisotopic (exact) mass is 528 g/mol. The van der Waals surface area contributed by atoms with Crippen LogP contribution >= 0.6 is 15.9 Å². The molecule has 9 heteroatoms. The second-order valence-electron chi connectivity index (χ2n) is 8.42. The molecule has 34 heavy (non-hydrogen) atoms. The average molecular weight is 529 g/mol. The van der Waals surface area contributed by atoms with Crippen LogP contribution < -0.4 is 9.47 Å². The van der Waals surface area contributed by atoms with Crippen LogP contribution in [0.3, 0.4) is 0 Å². The molecular weight excluding hydrogens is 504 g/mol. The van der Waals surface area contributed by atoms with Gasteiger partial charge in [0.05, 0.1) is 24.8 Å². The Morgan fingerprint density at radius 1 is 1.03 bits per heavy atom. The van der Waals surface area contributed by atoms with Gasteiger partial charge in [0.1, 0.15) is 5.76 Å². The summed E-state index contributed by atoms with van der Waals surface area (Å²) in [7, 11) is 0. The van der Waals surface area contributed by atoms with Crippen molar-refractivity contribution in [3.63, 3.8) is 0 Å². The molecule has 178 valence electrons. The summed E-state index contributed by atoms with van der Waals surface area (Å²) in [4.78, 5) is 30.2. The van der Waals surface area contributed by atoms with E-state index in [0.29, 0.717) is 43.2 Å². The molecular formula is C25H25BrN2O6. The number of Topliss-reactive ketones (excluding diaryl/α,β-unsaturated/α-hetero) is 1. The third-order valence-corrected chi connectivity index (χ3v) is 6.82. The predicted octanol–water partition coefficient (Wildman–Crippen LogP) is 3.32. The van der Waals surface area contributed by atoms with Crippen LogP contribution in [-0.2, 0) is 14.3 Å². The summed E-state index contributed by atoms with van der Waals surface area (Å²) in [5, 5.41) is 11.2. The summed E-state index contributed by atoms with van der Waals surface area (Å²) in [5.74, 6) is -0.454. The highest BCUT2D eigenvalue weighted by atomic mass is 79.9. The molecule has 0 radical (unpaired) electrons. The number of rotatable bonds is 6. The van der Waals surface area contributed by atoms with Gasteiger partial charge in [-0.3, -0.25) is 14.5 Å². The van der Waals surface area contributed by atoms with Gasteiger partial charge in [0.15, 0.2) is 11.5 Å². The van der Waals surface area contributed by atoms with Gasteiger partial charge < -0.3 is 24.2 Å². The molecule has 0 aliphatic carbocycles. The smallest absolute Gasteiger partial charge is 0.295 e. The molecule has 3 aliphatic heterocycles. The Balaban J connectivity index is 1.48. The van der Waals surface area contributed by atoms with Crippen LogP contribution in [0.2, 0.25) is 0 Å². The Labute approximate surface area is 205 Å². The summed E-state index contributed by atoms with van der Waals surface area (Å²) in [6, 6.07) is 11.8. The molecule has 0 bridgehead atoms. The van der Waals surface area contributed by atoms with Crippen molar-refractivity contribution in [3.05, 3.63) is 63.6 Å². The molecule has 0 spiro atoms. The number of carbonyl (C=O) groups is 2. The number of ether oxygens (including phenoxy) is 3. The fourth-order valence-corrected chi connectivity index (χ4v) is 5.04. The van der Waals surface area contributed by atoms with E-state index < -0.39 is 17.7 Å². The first kappa shape index (κ1) is 22.9. The molecule has 2 aromatic carbocycles. The summed E-state index contributed by atoms with van der Waals surface area (Å²) >= 11 is 3.48. The van der Waals surface area contributed by atoms with Crippen molar-refractivity contribution in [3.8, 4) is 11.5 Å². The minimum absolute atomic E-state index is 0.0772. The average Bonchev–Trinajstić information content (AvgIpc) is 3.42. The third-order valence-electron chi connectivity index (χ3n) is 6.33. The van der Waals surface area contributed by atoms with Crippen molar-refractivity contribution < 1.29 is 28.9 Å². The van der Waals surface area contributed by atoms with E-state index in [9.17, 15) is 14.7 Å². The van der Waals surface area contributed by atoms with Crippen LogP contribution in [0.5, 0.6) is 11.5 Å². The maximum absolute atomic E-state index is 13.2. The van der Waals surface area contributed by atoms with Crippen molar-refractivity contribution in [2.24, 2.45) is 0 Å². The number of aliphatic hydroxyl groups excluding tert-OH is 1. The zero-order valence-corrected chi connectivity index (χ0v) is 20.1. The maximum Gasteiger partial charge on any atom is 0.295 e. The van der Waals surface area contributed by atoms with Gasteiger partial charge in [0.2, 0.25) is 6.79 Å². The number of hydrogen-bond donors (Lipinski definition) is 1. The highest BCUT2D eigenvalue weighted by Crippen LogP contribution is 2.41. The number of carbonyl (C=O) groups excluding carboxylic acids is 2. The van der Waals surface area contributed by atoms with Crippen molar-refractivity contribution in [2.45, 2.75) is 12.5 Å². The van der Waals surface area contributed by atoms with E-state index in [0.717, 1.165) is 29.7 Å². The highest BCUT2D eigenvalue weighted by molar-refractivity contribution is 9.10. The summed E-state index contributed by atoms with van der Waals surface area (Å²) in [5.41, 5.74) is 1.23. The van der Waals surface area contributed by atoms with Crippen LogP contribution in [0.25, 0.3) is 5.76 Å². The largest absolute Gasteiger partial charge is 0.507 e. The SMILES string of the molecule is O=C1C(=O)N(CCCN2CCOCC2)C(c2cccc(Br)c2)C1=C(O)c1ccc2c(c1)OCO2. The van der Waals surface area contributed by atoms with Gasteiger partial charge in [-0.2, -0.15) is 0 Å². The van der Waals surface area contributed by atoms with Crippen LogP contribution in [0.15, 0.2) is 52.5 Å². The summed E-state index contributed by atoms with van der Waals surface area (Å²) < 4.78 is 17.0. The zero-order valence-electron chi connectivity index (χ0n) is 18.5. The molecule has 3 heterocycles. The molecule has 2 aromatic rings. The van der Waals surface area contributed by atoms with Gasteiger partial charge >= 0.3 is 0 Å². The van der Waals surface area contributed by atoms with Crippen molar-refractivity contribution in [2.75, 3.05) is 46.2 Å². The summed E-state index contributed by atoms with van der Waals surface area (Å²) in [6.07, 6.45) is 0.710. The number of ketones is 1. The van der Waals surface area contributed by atoms with Crippen LogP contribution in [-0.4, -0.2) is 72.8 Å². The van der Waals surface area contributed by atoms with E-state index in [1.54, 1.807) is 23.1 Å².